The molecule has 0 bridgehead atoms. The normalized spacial score (nSPS) is 21.2. The van der Waals surface area contributed by atoms with Crippen LogP contribution in [-0.2, 0) is 4.74 Å². The van der Waals surface area contributed by atoms with Crippen molar-refractivity contribution in [3.05, 3.63) is 0 Å². The van der Waals surface area contributed by atoms with Gasteiger partial charge in [0, 0.05) is 13.2 Å². The maximum atomic E-state index is 6.09. The molecule has 1 rings (SSSR count). The Morgan fingerprint density at radius 1 is 1.46 bits per heavy atom. The van der Waals surface area contributed by atoms with Gasteiger partial charge in [-0.15, -0.1) is 0 Å². The smallest absolute Gasteiger partial charge is 0.0623 e. The van der Waals surface area contributed by atoms with Crippen molar-refractivity contribution >= 4 is 0 Å². The molecule has 0 heterocycles. The van der Waals surface area contributed by atoms with Gasteiger partial charge in [-0.25, -0.2) is 0 Å². The Labute approximate surface area is 81.8 Å². The highest BCUT2D eigenvalue weighted by atomic mass is 16.5. The highest BCUT2D eigenvalue weighted by Crippen LogP contribution is 2.31. The molecule has 0 radical (unpaired) electrons. The maximum absolute atomic E-state index is 6.09. The molecule has 0 aromatic carbocycles. The van der Waals surface area contributed by atoms with Crippen LogP contribution in [0.2, 0.25) is 0 Å². The summed E-state index contributed by atoms with van der Waals surface area (Å²) in [5.74, 6) is 0.799. The Hall–Kier alpha value is -0.0800. The molecule has 1 aliphatic carbocycles. The first kappa shape index (κ1) is 11.0. The zero-order valence-electron chi connectivity index (χ0n) is 9.18. The van der Waals surface area contributed by atoms with Gasteiger partial charge >= 0.3 is 0 Å². The molecule has 1 aliphatic rings. The predicted molar refractivity (Wildman–Crippen MR) is 55.6 cm³/mol. The van der Waals surface area contributed by atoms with Crippen LogP contribution in [-0.4, -0.2) is 18.8 Å². The van der Waals surface area contributed by atoms with Crippen molar-refractivity contribution in [2.75, 3.05) is 7.11 Å². The molecule has 0 aromatic rings. The average molecular weight is 185 g/mol. The minimum atomic E-state index is 0.00136. The monoisotopic (exact) mass is 185 g/mol. The molecule has 0 aromatic heterocycles. The van der Waals surface area contributed by atoms with Gasteiger partial charge in [0.25, 0.3) is 0 Å². The van der Waals surface area contributed by atoms with E-state index in [2.05, 4.69) is 13.8 Å². The van der Waals surface area contributed by atoms with Gasteiger partial charge in [0.2, 0.25) is 0 Å². The number of rotatable bonds is 5. The van der Waals surface area contributed by atoms with Crippen LogP contribution in [0.4, 0.5) is 0 Å². The summed E-state index contributed by atoms with van der Waals surface area (Å²) in [5, 5.41) is 0. The van der Waals surface area contributed by atoms with Gasteiger partial charge in [0.15, 0.2) is 0 Å². The Kier molecular flexibility index (Phi) is 3.74. The van der Waals surface area contributed by atoms with E-state index in [0.29, 0.717) is 6.04 Å². The molecule has 0 spiro atoms. The van der Waals surface area contributed by atoms with Crippen LogP contribution in [0.15, 0.2) is 0 Å². The number of hydrogen-bond acceptors (Lipinski definition) is 2. The second-order valence-corrected chi connectivity index (χ2v) is 4.86. The van der Waals surface area contributed by atoms with Gasteiger partial charge in [0.1, 0.15) is 0 Å². The molecular weight excluding hydrogens is 162 g/mol. The van der Waals surface area contributed by atoms with Crippen molar-refractivity contribution in [3.8, 4) is 0 Å². The Bertz CT molecular complexity index is 152. The summed E-state index contributed by atoms with van der Waals surface area (Å²) in [5.41, 5.74) is 6.09. The van der Waals surface area contributed by atoms with Crippen molar-refractivity contribution in [2.24, 2.45) is 11.7 Å². The van der Waals surface area contributed by atoms with Gasteiger partial charge in [-0.05, 0) is 45.4 Å². The summed E-state index contributed by atoms with van der Waals surface area (Å²) in [4.78, 5) is 0. The van der Waals surface area contributed by atoms with Gasteiger partial charge in [-0.3, -0.25) is 0 Å². The molecule has 0 amide bonds. The van der Waals surface area contributed by atoms with Gasteiger partial charge in [0.05, 0.1) is 5.60 Å². The zero-order valence-corrected chi connectivity index (χ0v) is 9.18. The number of nitrogens with two attached hydrogens (primary N) is 1. The second kappa shape index (κ2) is 4.43. The SMILES string of the molecule is COC(C)(C)CCC(N)C1CCC1. The summed E-state index contributed by atoms with van der Waals surface area (Å²) in [6.07, 6.45) is 6.24. The Morgan fingerprint density at radius 3 is 2.46 bits per heavy atom. The lowest BCUT2D eigenvalue weighted by Gasteiger charge is -2.33. The summed E-state index contributed by atoms with van der Waals surface area (Å²) in [7, 11) is 1.77. The van der Waals surface area contributed by atoms with E-state index in [1.165, 1.54) is 19.3 Å². The molecule has 13 heavy (non-hydrogen) atoms. The molecular formula is C11H23NO. The molecule has 0 aliphatic heterocycles. The summed E-state index contributed by atoms with van der Waals surface area (Å²) in [6, 6.07) is 0.406. The summed E-state index contributed by atoms with van der Waals surface area (Å²) < 4.78 is 5.36. The fourth-order valence-corrected chi connectivity index (χ4v) is 1.72. The van der Waals surface area contributed by atoms with Gasteiger partial charge in [-0.1, -0.05) is 6.42 Å². The number of ether oxygens (including phenoxy) is 1. The highest BCUT2D eigenvalue weighted by Gasteiger charge is 2.26. The third-order valence-corrected chi connectivity index (χ3v) is 3.39. The fraction of sp³-hybridized carbons (Fsp3) is 1.00. The Balaban J connectivity index is 2.17. The fourth-order valence-electron chi connectivity index (χ4n) is 1.72. The first-order valence-corrected chi connectivity index (χ1v) is 5.36. The van der Waals surface area contributed by atoms with Crippen LogP contribution in [0.3, 0.4) is 0 Å². The molecule has 2 heteroatoms. The van der Waals surface area contributed by atoms with Crippen LogP contribution in [0.1, 0.15) is 46.0 Å². The Morgan fingerprint density at radius 2 is 2.08 bits per heavy atom. The van der Waals surface area contributed by atoms with Crippen LogP contribution in [0, 0.1) is 5.92 Å². The van der Waals surface area contributed by atoms with Crippen LogP contribution < -0.4 is 5.73 Å². The largest absolute Gasteiger partial charge is 0.379 e. The molecule has 78 valence electrons. The van der Waals surface area contributed by atoms with E-state index in [1.54, 1.807) is 7.11 Å². The number of hydrogen-bond donors (Lipinski definition) is 1. The third-order valence-electron chi connectivity index (χ3n) is 3.39. The number of methoxy groups -OCH3 is 1. The maximum Gasteiger partial charge on any atom is 0.0623 e. The molecule has 2 nitrogen and oxygen atoms in total. The summed E-state index contributed by atoms with van der Waals surface area (Å²) in [6.45, 7) is 4.25. The molecule has 1 saturated carbocycles. The van der Waals surface area contributed by atoms with Crippen LogP contribution in [0.25, 0.3) is 0 Å². The molecule has 0 saturated heterocycles. The lowest BCUT2D eigenvalue weighted by molar-refractivity contribution is 0.0101. The van der Waals surface area contributed by atoms with Crippen molar-refractivity contribution in [3.63, 3.8) is 0 Å². The second-order valence-electron chi connectivity index (χ2n) is 4.86. The van der Waals surface area contributed by atoms with Crippen LogP contribution in [0.5, 0.6) is 0 Å². The van der Waals surface area contributed by atoms with Crippen LogP contribution >= 0.6 is 0 Å². The minimum absolute atomic E-state index is 0.00136. The molecule has 1 fully saturated rings. The molecule has 1 atom stereocenters. The standard InChI is InChI=1S/C11H23NO/c1-11(2,13-3)8-7-10(12)9-5-4-6-9/h9-10H,4-8,12H2,1-3H3. The van der Waals surface area contributed by atoms with E-state index in [9.17, 15) is 0 Å². The predicted octanol–water partition coefficient (Wildman–Crippen LogP) is 2.32. The third kappa shape index (κ3) is 3.28. The van der Waals surface area contributed by atoms with E-state index in [-0.39, 0.29) is 5.60 Å². The van der Waals surface area contributed by atoms with E-state index < -0.39 is 0 Å². The first-order valence-electron chi connectivity index (χ1n) is 5.36. The highest BCUT2D eigenvalue weighted by molar-refractivity contribution is 4.82. The quantitative estimate of drug-likeness (QED) is 0.713. The van der Waals surface area contributed by atoms with Crippen molar-refractivity contribution < 1.29 is 4.74 Å². The lowest BCUT2D eigenvalue weighted by atomic mass is 9.78. The molecule has 1 unspecified atom stereocenters. The van der Waals surface area contributed by atoms with Crippen molar-refractivity contribution in [1.82, 2.24) is 0 Å². The van der Waals surface area contributed by atoms with Crippen molar-refractivity contribution in [2.45, 2.75) is 57.6 Å². The summed E-state index contributed by atoms with van der Waals surface area (Å²) >= 11 is 0. The minimum Gasteiger partial charge on any atom is -0.379 e. The van der Waals surface area contributed by atoms with Gasteiger partial charge < -0.3 is 10.5 Å². The van der Waals surface area contributed by atoms with E-state index in [0.717, 1.165) is 18.8 Å². The van der Waals surface area contributed by atoms with Gasteiger partial charge in [-0.2, -0.15) is 0 Å². The first-order chi connectivity index (χ1) is 6.05. The lowest BCUT2D eigenvalue weighted by Crippen LogP contribution is -2.36. The topological polar surface area (TPSA) is 35.2 Å². The van der Waals surface area contributed by atoms with E-state index in [1.807, 2.05) is 0 Å². The average Bonchev–Trinajstić information content (AvgIpc) is 1.98. The van der Waals surface area contributed by atoms with E-state index >= 15 is 0 Å². The zero-order chi connectivity index (χ0) is 9.90. The van der Waals surface area contributed by atoms with E-state index in [4.69, 9.17) is 10.5 Å². The molecule has 2 N–H and O–H groups in total. The van der Waals surface area contributed by atoms with Crippen molar-refractivity contribution in [1.29, 1.82) is 0 Å².